The fourth-order valence-corrected chi connectivity index (χ4v) is 3.75. The van der Waals surface area contributed by atoms with Crippen molar-refractivity contribution >= 4 is 15.9 Å². The van der Waals surface area contributed by atoms with Crippen molar-refractivity contribution in [3.05, 3.63) is 0 Å². The van der Waals surface area contributed by atoms with Crippen molar-refractivity contribution < 1.29 is 22.0 Å². The van der Waals surface area contributed by atoms with Crippen LogP contribution in [-0.2, 0) is 14.8 Å². The lowest BCUT2D eigenvalue weighted by atomic mass is 10.1. The number of rotatable bonds is 4. The highest BCUT2D eigenvalue weighted by molar-refractivity contribution is 7.89. The Morgan fingerprint density at radius 3 is 2.75 bits per heavy atom. The summed E-state index contributed by atoms with van der Waals surface area (Å²) in [5, 5.41) is 2.51. The Morgan fingerprint density at radius 2 is 2.20 bits per heavy atom. The van der Waals surface area contributed by atoms with E-state index in [9.17, 15) is 22.0 Å². The van der Waals surface area contributed by atoms with Crippen LogP contribution in [0.1, 0.15) is 19.3 Å². The van der Waals surface area contributed by atoms with Crippen molar-refractivity contribution in [3.8, 4) is 0 Å². The second-order valence-electron chi connectivity index (χ2n) is 5.31. The van der Waals surface area contributed by atoms with Gasteiger partial charge in [-0.25, -0.2) is 21.9 Å². The smallest absolute Gasteiger partial charge is 0.262 e. The van der Waals surface area contributed by atoms with Gasteiger partial charge in [0.1, 0.15) is 0 Å². The zero-order chi connectivity index (χ0) is 15.0. The third-order valence-electron chi connectivity index (χ3n) is 3.79. The van der Waals surface area contributed by atoms with Crippen molar-refractivity contribution in [2.24, 2.45) is 0 Å². The summed E-state index contributed by atoms with van der Waals surface area (Å²) in [6.07, 6.45) is 0.752. The molecule has 0 spiro atoms. The number of hydrogen-bond donors (Lipinski definition) is 2. The predicted octanol–water partition coefficient (Wildman–Crippen LogP) is -0.476. The number of carbonyl (C=O) groups excluding carboxylic acids is 1. The number of likely N-dealkylation sites (tertiary alicyclic amines) is 1. The summed E-state index contributed by atoms with van der Waals surface area (Å²) in [6.45, 7) is -0.0801. The number of halogens is 2. The lowest BCUT2D eigenvalue weighted by Gasteiger charge is -2.27. The lowest BCUT2D eigenvalue weighted by molar-refractivity contribution is -0.134. The first kappa shape index (κ1) is 15.6. The molecule has 20 heavy (non-hydrogen) atoms. The molecule has 9 heteroatoms. The van der Waals surface area contributed by atoms with Crippen LogP contribution in [0.3, 0.4) is 0 Å². The first-order valence-electron chi connectivity index (χ1n) is 6.57. The molecule has 2 fully saturated rings. The Hall–Kier alpha value is -0.800. The summed E-state index contributed by atoms with van der Waals surface area (Å²) in [5.74, 6) is -3.47. The van der Waals surface area contributed by atoms with Gasteiger partial charge in [-0.1, -0.05) is 0 Å². The maximum Gasteiger partial charge on any atom is 0.262 e. The monoisotopic (exact) mass is 311 g/mol. The fraction of sp³-hybridized carbons (Fsp3) is 0.909. The van der Waals surface area contributed by atoms with Crippen LogP contribution in [-0.4, -0.2) is 63.1 Å². The molecule has 0 aliphatic carbocycles. The minimum Gasteiger partial charge on any atom is -0.337 e. The lowest BCUT2D eigenvalue weighted by Crippen LogP contribution is -2.48. The fourth-order valence-electron chi connectivity index (χ4n) is 2.73. The van der Waals surface area contributed by atoms with Gasteiger partial charge in [0, 0.05) is 19.0 Å². The molecule has 0 aromatic heterocycles. The molecular weight excluding hydrogens is 292 g/mol. The zero-order valence-corrected chi connectivity index (χ0v) is 12.0. The van der Waals surface area contributed by atoms with Gasteiger partial charge in [-0.3, -0.25) is 10.1 Å². The second kappa shape index (κ2) is 5.53. The molecule has 2 unspecified atom stereocenters. The van der Waals surface area contributed by atoms with E-state index in [0.717, 1.165) is 0 Å². The molecule has 2 saturated heterocycles. The van der Waals surface area contributed by atoms with Gasteiger partial charge < -0.3 is 4.90 Å². The molecule has 2 aliphatic heterocycles. The van der Waals surface area contributed by atoms with Gasteiger partial charge in [-0.15, -0.1) is 0 Å². The van der Waals surface area contributed by atoms with E-state index in [-0.39, 0.29) is 5.75 Å². The van der Waals surface area contributed by atoms with Crippen molar-refractivity contribution in [3.63, 3.8) is 0 Å². The van der Waals surface area contributed by atoms with E-state index >= 15 is 0 Å². The molecular formula is C11H19F2N3O3S. The molecule has 2 atom stereocenters. The van der Waals surface area contributed by atoms with E-state index in [1.165, 1.54) is 11.9 Å². The van der Waals surface area contributed by atoms with E-state index in [2.05, 4.69) is 10.0 Å². The summed E-state index contributed by atoms with van der Waals surface area (Å²) in [4.78, 5) is 13.7. The van der Waals surface area contributed by atoms with E-state index in [1.807, 2.05) is 0 Å². The maximum atomic E-state index is 13.1. The van der Waals surface area contributed by atoms with Gasteiger partial charge >= 0.3 is 0 Å². The quantitative estimate of drug-likeness (QED) is 0.735. The van der Waals surface area contributed by atoms with Crippen LogP contribution in [0.2, 0.25) is 0 Å². The van der Waals surface area contributed by atoms with Crippen LogP contribution < -0.4 is 10.0 Å². The SMILES string of the molecule is CNS(=O)(=O)CC1CCCN1C(=O)C1CC(F)(F)CN1. The number of nitrogens with one attached hydrogen (secondary N) is 2. The Bertz CT molecular complexity index is 483. The first-order valence-corrected chi connectivity index (χ1v) is 8.22. The minimum atomic E-state index is -3.43. The Labute approximate surface area is 116 Å². The second-order valence-corrected chi connectivity index (χ2v) is 7.28. The average Bonchev–Trinajstić information content (AvgIpc) is 2.94. The number of sulfonamides is 1. The third-order valence-corrected chi connectivity index (χ3v) is 5.24. The van der Waals surface area contributed by atoms with Gasteiger partial charge in [0.15, 0.2) is 0 Å². The maximum absolute atomic E-state index is 13.1. The minimum absolute atomic E-state index is 0.182. The molecule has 2 N–H and O–H groups in total. The molecule has 116 valence electrons. The molecule has 2 aliphatic rings. The highest BCUT2D eigenvalue weighted by atomic mass is 32.2. The molecule has 2 heterocycles. The molecule has 6 nitrogen and oxygen atoms in total. The molecule has 0 radical (unpaired) electrons. The van der Waals surface area contributed by atoms with Gasteiger partial charge in [-0.2, -0.15) is 0 Å². The Balaban J connectivity index is 2.02. The number of hydrogen-bond acceptors (Lipinski definition) is 4. The molecule has 0 saturated carbocycles. The van der Waals surface area contributed by atoms with E-state index < -0.39 is 46.9 Å². The number of nitrogens with zero attached hydrogens (tertiary/aromatic N) is 1. The van der Waals surface area contributed by atoms with Crippen LogP contribution in [0.4, 0.5) is 8.78 Å². The van der Waals surface area contributed by atoms with Gasteiger partial charge in [0.05, 0.1) is 18.3 Å². The number of carbonyl (C=O) groups is 1. The number of amides is 1. The third kappa shape index (κ3) is 3.44. The molecule has 1 amide bonds. The summed E-state index contributed by atoms with van der Waals surface area (Å²) >= 11 is 0. The standard InChI is InChI=1S/C11H19F2N3O3S/c1-14-20(18,19)6-8-3-2-4-16(8)10(17)9-5-11(12,13)7-15-9/h8-9,14-15H,2-7H2,1H3. The van der Waals surface area contributed by atoms with Crippen molar-refractivity contribution in [1.29, 1.82) is 0 Å². The van der Waals surface area contributed by atoms with Crippen molar-refractivity contribution in [1.82, 2.24) is 14.9 Å². The van der Waals surface area contributed by atoms with E-state index in [4.69, 9.17) is 0 Å². The summed E-state index contributed by atoms with van der Waals surface area (Å²) < 4.78 is 51.6. The highest BCUT2D eigenvalue weighted by Gasteiger charge is 2.45. The predicted molar refractivity (Wildman–Crippen MR) is 68.9 cm³/mol. The van der Waals surface area contributed by atoms with Crippen LogP contribution in [0.5, 0.6) is 0 Å². The largest absolute Gasteiger partial charge is 0.337 e. The normalized spacial score (nSPS) is 29.9. The average molecular weight is 311 g/mol. The van der Waals surface area contributed by atoms with Crippen LogP contribution >= 0.6 is 0 Å². The van der Waals surface area contributed by atoms with Crippen molar-refractivity contribution in [2.45, 2.75) is 37.3 Å². The van der Waals surface area contributed by atoms with Crippen LogP contribution in [0.15, 0.2) is 0 Å². The van der Waals surface area contributed by atoms with E-state index in [0.29, 0.717) is 19.4 Å². The topological polar surface area (TPSA) is 78.5 Å². The van der Waals surface area contributed by atoms with Crippen molar-refractivity contribution in [2.75, 3.05) is 25.9 Å². The van der Waals surface area contributed by atoms with Gasteiger partial charge in [0.25, 0.3) is 5.92 Å². The van der Waals surface area contributed by atoms with Crippen LogP contribution in [0, 0.1) is 0 Å². The Morgan fingerprint density at radius 1 is 1.50 bits per heavy atom. The Kier molecular flexibility index (Phi) is 4.31. The summed E-state index contributed by atoms with van der Waals surface area (Å²) in [5.41, 5.74) is 0. The number of alkyl halides is 2. The molecule has 0 aromatic rings. The zero-order valence-electron chi connectivity index (χ0n) is 11.2. The van der Waals surface area contributed by atoms with Gasteiger partial charge in [0.2, 0.25) is 15.9 Å². The first-order chi connectivity index (χ1) is 9.24. The van der Waals surface area contributed by atoms with Gasteiger partial charge in [-0.05, 0) is 19.9 Å². The van der Waals surface area contributed by atoms with E-state index in [1.54, 1.807) is 0 Å². The summed E-state index contributed by atoms with van der Waals surface area (Å²) in [7, 11) is -2.11. The molecule has 2 rings (SSSR count). The highest BCUT2D eigenvalue weighted by Crippen LogP contribution is 2.28. The molecule has 0 aromatic carbocycles. The van der Waals surface area contributed by atoms with Crippen LogP contribution in [0.25, 0.3) is 0 Å². The molecule has 0 bridgehead atoms. The summed E-state index contributed by atoms with van der Waals surface area (Å²) in [6, 6.07) is -1.35.